The Balaban J connectivity index is 4.05. The number of carbonyl (C=O) groups excluding carboxylic acids is 4. The molecule has 0 aliphatic heterocycles. The Kier molecular flexibility index (Phi) is 6.61. The molecule has 0 aromatic rings. The van der Waals surface area contributed by atoms with Crippen LogP contribution in [-0.4, -0.2) is 31.0 Å². The van der Waals surface area contributed by atoms with Gasteiger partial charge in [0.25, 0.3) is 20.5 Å². The SMILES string of the molecule is O=C(S)C(=O)SB(O)SC(=O)C(=O)S. The zero-order valence-corrected chi connectivity index (χ0v) is 9.79. The van der Waals surface area contributed by atoms with Crippen LogP contribution in [0, 0.1) is 0 Å². The maximum Gasteiger partial charge on any atom is 0.445 e. The summed E-state index contributed by atoms with van der Waals surface area (Å²) >= 11 is 6.80. The fourth-order valence-corrected chi connectivity index (χ4v) is 1.91. The molecule has 0 amide bonds. The van der Waals surface area contributed by atoms with Crippen LogP contribution in [-0.2, 0) is 19.2 Å². The summed E-state index contributed by atoms with van der Waals surface area (Å²) in [7, 11) is 0. The molecule has 0 rings (SSSR count). The normalized spacial score (nSPS) is 9.36. The maximum atomic E-state index is 10.7. The standard InChI is InChI=1S/C4H3BO5S4/c6-1(11)3(8)13-5(10)14-4(9)2(7)12/h10H,(H,6,11)(H,7,12). The Hall–Kier alpha value is 0.105. The molecule has 0 aliphatic rings. The van der Waals surface area contributed by atoms with Crippen molar-refractivity contribution in [3.05, 3.63) is 0 Å². The molecule has 14 heavy (non-hydrogen) atoms. The lowest BCUT2D eigenvalue weighted by atomic mass is 10.5. The average Bonchev–Trinajstić information content (AvgIpc) is 2.03. The van der Waals surface area contributed by atoms with Gasteiger partial charge in [-0.25, -0.2) is 0 Å². The lowest BCUT2D eigenvalue weighted by Gasteiger charge is -1.99. The number of hydrogen-bond donors (Lipinski definition) is 3. The molecule has 5 nitrogen and oxygen atoms in total. The van der Waals surface area contributed by atoms with Gasteiger partial charge in [0.15, 0.2) is 0 Å². The summed E-state index contributed by atoms with van der Waals surface area (Å²) < 4.78 is 0. The van der Waals surface area contributed by atoms with E-state index in [1.165, 1.54) is 0 Å². The van der Waals surface area contributed by atoms with Gasteiger partial charge in [-0.1, -0.05) is 48.5 Å². The third-order valence-corrected chi connectivity index (χ3v) is 3.25. The van der Waals surface area contributed by atoms with Crippen molar-refractivity contribution >= 4 is 74.4 Å². The van der Waals surface area contributed by atoms with Crippen molar-refractivity contribution in [3.8, 4) is 0 Å². The van der Waals surface area contributed by atoms with Crippen LogP contribution in [0.1, 0.15) is 0 Å². The Morgan fingerprint density at radius 1 is 0.929 bits per heavy atom. The van der Waals surface area contributed by atoms with Crippen molar-refractivity contribution in [2.24, 2.45) is 0 Å². The molecule has 0 saturated heterocycles. The predicted octanol–water partition coefficient (Wildman–Crippen LogP) is -0.604. The van der Waals surface area contributed by atoms with E-state index in [4.69, 9.17) is 5.02 Å². The van der Waals surface area contributed by atoms with Crippen LogP contribution in [0.25, 0.3) is 0 Å². The van der Waals surface area contributed by atoms with Crippen molar-refractivity contribution in [1.82, 2.24) is 0 Å². The molecule has 0 heterocycles. The molecule has 0 aromatic carbocycles. The van der Waals surface area contributed by atoms with Crippen molar-refractivity contribution in [1.29, 1.82) is 0 Å². The topological polar surface area (TPSA) is 88.5 Å². The van der Waals surface area contributed by atoms with E-state index >= 15 is 0 Å². The van der Waals surface area contributed by atoms with E-state index in [0.29, 0.717) is 0 Å². The van der Waals surface area contributed by atoms with E-state index in [1.807, 2.05) is 0 Å². The Morgan fingerprint density at radius 2 is 1.21 bits per heavy atom. The molecule has 0 spiro atoms. The van der Waals surface area contributed by atoms with Crippen LogP contribution >= 0.6 is 48.5 Å². The molecule has 10 heteroatoms. The van der Waals surface area contributed by atoms with Gasteiger partial charge in [0.05, 0.1) is 0 Å². The molecule has 76 valence electrons. The van der Waals surface area contributed by atoms with E-state index in [-0.39, 0.29) is 23.2 Å². The van der Waals surface area contributed by atoms with Gasteiger partial charge in [0.1, 0.15) is 0 Å². The lowest BCUT2D eigenvalue weighted by Crippen LogP contribution is -2.15. The van der Waals surface area contributed by atoms with Crippen LogP contribution in [0.3, 0.4) is 0 Å². The highest BCUT2D eigenvalue weighted by atomic mass is 32.2. The molecule has 0 fully saturated rings. The van der Waals surface area contributed by atoms with E-state index in [0.717, 1.165) is 0 Å². The van der Waals surface area contributed by atoms with Gasteiger partial charge in [0, 0.05) is 0 Å². The zero-order chi connectivity index (χ0) is 11.3. The molecule has 0 unspecified atom stereocenters. The number of rotatable bonds is 4. The molecule has 0 aromatic heterocycles. The van der Waals surface area contributed by atoms with Gasteiger partial charge < -0.3 is 5.02 Å². The molecule has 0 radical (unpaired) electrons. The summed E-state index contributed by atoms with van der Waals surface area (Å²) in [6.07, 6.45) is 0. The molecular formula is C4H3BO5S4. The first kappa shape index (κ1) is 14.1. The van der Waals surface area contributed by atoms with Crippen molar-refractivity contribution in [2.45, 2.75) is 0 Å². The van der Waals surface area contributed by atoms with Crippen molar-refractivity contribution in [3.63, 3.8) is 0 Å². The van der Waals surface area contributed by atoms with Crippen LogP contribution in [0.5, 0.6) is 0 Å². The van der Waals surface area contributed by atoms with Crippen molar-refractivity contribution < 1.29 is 24.2 Å². The smallest absolute Gasteiger partial charge is 0.432 e. The second-order valence-corrected chi connectivity index (χ2v) is 4.94. The summed E-state index contributed by atoms with van der Waals surface area (Å²) in [5.41, 5.74) is -1.51. The Labute approximate surface area is 98.5 Å². The Morgan fingerprint density at radius 3 is 1.43 bits per heavy atom. The summed E-state index contributed by atoms with van der Waals surface area (Å²) in [5.74, 6) is 0. The summed E-state index contributed by atoms with van der Waals surface area (Å²) in [6, 6.07) is 0. The third-order valence-electron chi connectivity index (χ3n) is 0.765. The van der Waals surface area contributed by atoms with E-state index in [2.05, 4.69) is 25.3 Å². The van der Waals surface area contributed by atoms with Gasteiger partial charge in [0.2, 0.25) is 0 Å². The highest BCUT2D eigenvalue weighted by molar-refractivity contribution is 8.64. The molecule has 0 bridgehead atoms. The summed E-state index contributed by atoms with van der Waals surface area (Å²) in [6.45, 7) is 0. The molecule has 0 aliphatic carbocycles. The number of thiol groups is 2. The van der Waals surface area contributed by atoms with Crippen LogP contribution in [0.15, 0.2) is 0 Å². The third kappa shape index (κ3) is 5.76. The minimum absolute atomic E-state index is 0.200. The largest absolute Gasteiger partial charge is 0.445 e. The number of hydrogen-bond acceptors (Lipinski definition) is 7. The minimum atomic E-state index is -1.51. The first-order valence-electron chi connectivity index (χ1n) is 2.90. The zero-order valence-electron chi connectivity index (χ0n) is 6.37. The van der Waals surface area contributed by atoms with Gasteiger partial charge >= 0.3 is 5.47 Å². The fraction of sp³-hybridized carbons (Fsp3) is 0. The monoisotopic (exact) mass is 270 g/mol. The van der Waals surface area contributed by atoms with Crippen LogP contribution in [0.2, 0.25) is 0 Å². The maximum absolute atomic E-state index is 10.7. The van der Waals surface area contributed by atoms with E-state index in [9.17, 15) is 19.2 Å². The number of carbonyl (C=O) groups is 4. The highest BCUT2D eigenvalue weighted by Gasteiger charge is 2.26. The van der Waals surface area contributed by atoms with Gasteiger partial charge in [-0.3, -0.25) is 19.2 Å². The van der Waals surface area contributed by atoms with E-state index < -0.39 is 25.9 Å². The Bertz CT molecular complexity index is 263. The van der Waals surface area contributed by atoms with Gasteiger partial charge in [-0.2, -0.15) is 0 Å². The van der Waals surface area contributed by atoms with Crippen molar-refractivity contribution in [2.75, 3.05) is 0 Å². The molecule has 0 saturated carbocycles. The molecule has 0 atom stereocenters. The summed E-state index contributed by atoms with van der Waals surface area (Å²) in [5, 5.41) is 4.90. The second-order valence-electron chi connectivity index (χ2n) is 1.73. The minimum Gasteiger partial charge on any atom is -0.432 e. The molecule has 1 N–H and O–H groups in total. The quantitative estimate of drug-likeness (QED) is 0.357. The molecular weight excluding hydrogens is 267 g/mol. The first-order valence-corrected chi connectivity index (χ1v) is 5.56. The summed E-state index contributed by atoms with van der Waals surface area (Å²) in [4.78, 5) is 41.9. The predicted molar refractivity (Wildman–Crippen MR) is 61.2 cm³/mol. The van der Waals surface area contributed by atoms with Gasteiger partial charge in [-0.05, 0) is 0 Å². The average molecular weight is 270 g/mol. The second kappa shape index (κ2) is 6.56. The highest BCUT2D eigenvalue weighted by Crippen LogP contribution is 2.19. The van der Waals surface area contributed by atoms with Crippen LogP contribution in [0.4, 0.5) is 0 Å². The lowest BCUT2D eigenvalue weighted by molar-refractivity contribution is -0.126. The van der Waals surface area contributed by atoms with E-state index in [1.54, 1.807) is 0 Å². The van der Waals surface area contributed by atoms with Crippen LogP contribution < -0.4 is 0 Å². The fourth-order valence-electron chi connectivity index (χ4n) is 0.308. The first-order chi connectivity index (χ1) is 6.34. The van der Waals surface area contributed by atoms with Gasteiger partial charge in [-0.15, -0.1) is 0 Å².